The molecule has 1 atom stereocenters. The largest absolute Gasteiger partial charge is 0.354 e. The van der Waals surface area contributed by atoms with E-state index >= 15 is 0 Å². The molecule has 7 nitrogen and oxygen atoms in total. The predicted octanol–water partition coefficient (Wildman–Crippen LogP) is 5.53. The summed E-state index contributed by atoms with van der Waals surface area (Å²) in [4.78, 5) is 27.5. The summed E-state index contributed by atoms with van der Waals surface area (Å²) in [5.74, 6) is -0.558. The number of hydrogen-bond acceptors (Lipinski definition) is 4. The number of benzene rings is 2. The van der Waals surface area contributed by atoms with Gasteiger partial charge in [0.15, 0.2) is 0 Å². The van der Waals surface area contributed by atoms with Crippen molar-refractivity contribution in [3.63, 3.8) is 0 Å². The highest BCUT2D eigenvalue weighted by Gasteiger charge is 2.27. The molecule has 0 spiro atoms. The summed E-state index contributed by atoms with van der Waals surface area (Å²) < 4.78 is 26.0. The van der Waals surface area contributed by atoms with E-state index in [-0.39, 0.29) is 37.7 Å². The zero-order valence-electron chi connectivity index (χ0n) is 20.6. The average molecular weight is 577 g/mol. The normalized spacial score (nSPS) is 12.2. The first-order valence-corrected chi connectivity index (χ1v) is 14.7. The van der Waals surface area contributed by atoms with Crippen LogP contribution >= 0.6 is 34.8 Å². The maximum absolute atomic E-state index is 13.3. The molecule has 0 aliphatic rings. The Morgan fingerprint density at radius 3 is 2.33 bits per heavy atom. The van der Waals surface area contributed by atoms with Crippen molar-refractivity contribution in [3.05, 3.63) is 63.1 Å². The lowest BCUT2D eigenvalue weighted by Crippen LogP contribution is -2.48. The first-order valence-electron chi connectivity index (χ1n) is 11.7. The molecule has 1 N–H and O–H groups in total. The summed E-state index contributed by atoms with van der Waals surface area (Å²) in [5, 5.41) is 4.13. The zero-order valence-corrected chi connectivity index (χ0v) is 23.7. The number of hydrogen-bond donors (Lipinski definition) is 1. The topological polar surface area (TPSA) is 86.8 Å². The van der Waals surface area contributed by atoms with Gasteiger partial charge in [-0.2, -0.15) is 0 Å². The van der Waals surface area contributed by atoms with E-state index in [2.05, 4.69) is 5.32 Å². The smallest absolute Gasteiger partial charge is 0.242 e. The van der Waals surface area contributed by atoms with E-state index in [4.69, 9.17) is 34.8 Å². The summed E-state index contributed by atoms with van der Waals surface area (Å²) in [6.45, 7) is 4.40. The molecule has 0 aromatic heterocycles. The molecule has 198 valence electrons. The van der Waals surface area contributed by atoms with Crippen molar-refractivity contribution in [2.75, 3.05) is 23.7 Å². The Bertz CT molecular complexity index is 1160. The van der Waals surface area contributed by atoms with E-state index in [1.54, 1.807) is 49.4 Å². The molecule has 0 heterocycles. The lowest BCUT2D eigenvalue weighted by atomic mass is 10.1. The van der Waals surface area contributed by atoms with E-state index in [1.165, 1.54) is 9.21 Å². The van der Waals surface area contributed by atoms with E-state index in [9.17, 15) is 18.0 Å². The molecule has 2 aromatic carbocycles. The lowest BCUT2D eigenvalue weighted by molar-refractivity contribution is -0.140. The van der Waals surface area contributed by atoms with Crippen LogP contribution in [0.25, 0.3) is 0 Å². The van der Waals surface area contributed by atoms with Crippen molar-refractivity contribution >= 4 is 62.3 Å². The number of halogens is 3. The highest BCUT2D eigenvalue weighted by atomic mass is 35.5. The van der Waals surface area contributed by atoms with Crippen LogP contribution in [-0.2, 0) is 26.2 Å². The van der Waals surface area contributed by atoms with Crippen molar-refractivity contribution in [3.8, 4) is 0 Å². The third kappa shape index (κ3) is 9.14. The van der Waals surface area contributed by atoms with Crippen LogP contribution in [0.1, 0.15) is 45.1 Å². The van der Waals surface area contributed by atoms with Crippen molar-refractivity contribution in [1.29, 1.82) is 0 Å². The minimum Gasteiger partial charge on any atom is -0.354 e. The number of carbonyl (C=O) groups is 2. The van der Waals surface area contributed by atoms with Crippen molar-refractivity contribution in [1.82, 2.24) is 10.2 Å². The van der Waals surface area contributed by atoms with Gasteiger partial charge in [-0.05, 0) is 55.7 Å². The van der Waals surface area contributed by atoms with Crippen molar-refractivity contribution < 1.29 is 18.0 Å². The number of anilines is 1. The molecule has 0 fully saturated rings. The Labute approximate surface area is 228 Å². The van der Waals surface area contributed by atoms with Crippen molar-refractivity contribution in [2.24, 2.45) is 0 Å². The number of nitrogens with zero attached hydrogens (tertiary/aromatic N) is 2. The number of rotatable bonds is 13. The van der Waals surface area contributed by atoms with Gasteiger partial charge in [0, 0.05) is 41.1 Å². The maximum Gasteiger partial charge on any atom is 0.242 e. The fraction of sp³-hybridized carbons (Fsp3) is 0.440. The molecule has 0 aliphatic carbocycles. The van der Waals surface area contributed by atoms with Crippen LogP contribution in [0.3, 0.4) is 0 Å². The summed E-state index contributed by atoms with van der Waals surface area (Å²) in [5.41, 5.74) is 1.07. The van der Waals surface area contributed by atoms with E-state index < -0.39 is 16.1 Å². The second-order valence-corrected chi connectivity index (χ2v) is 11.7. The molecule has 2 rings (SSSR count). The van der Waals surface area contributed by atoms with Gasteiger partial charge in [0.1, 0.15) is 6.04 Å². The molecule has 0 aliphatic heterocycles. The number of carbonyl (C=O) groups excluding carboxylic acids is 2. The molecular formula is C25H32Cl3N3O4S. The molecule has 1 unspecified atom stereocenters. The first-order chi connectivity index (χ1) is 16.9. The van der Waals surface area contributed by atoms with Gasteiger partial charge in [-0.3, -0.25) is 13.9 Å². The van der Waals surface area contributed by atoms with Crippen LogP contribution < -0.4 is 9.62 Å². The van der Waals surface area contributed by atoms with Gasteiger partial charge in [-0.15, -0.1) is 0 Å². The standard InChI is InChI=1S/C25H32Cl3N3O4S/c1-4-5-13-29-25(33)18(2)30(17-19-11-12-21(27)16-23(19)28)24(32)10-7-14-31(36(3,34)35)22-9-6-8-20(26)15-22/h6,8-9,11-12,15-16,18H,4-5,7,10,13-14,17H2,1-3H3,(H,29,33). The molecular weight excluding hydrogens is 545 g/mol. The molecule has 0 radical (unpaired) electrons. The van der Waals surface area contributed by atoms with Gasteiger partial charge in [0.2, 0.25) is 21.8 Å². The van der Waals surface area contributed by atoms with Crippen LogP contribution in [0.4, 0.5) is 5.69 Å². The predicted molar refractivity (Wildman–Crippen MR) is 147 cm³/mol. The van der Waals surface area contributed by atoms with Crippen LogP contribution in [0.5, 0.6) is 0 Å². The molecule has 0 saturated heterocycles. The Kier molecular flexibility index (Phi) is 11.8. The number of nitrogens with one attached hydrogen (secondary N) is 1. The molecule has 0 saturated carbocycles. The van der Waals surface area contributed by atoms with Gasteiger partial charge in [-0.1, -0.05) is 60.3 Å². The van der Waals surface area contributed by atoms with Gasteiger partial charge >= 0.3 is 0 Å². The van der Waals surface area contributed by atoms with Crippen molar-refractivity contribution in [2.45, 2.75) is 52.1 Å². The summed E-state index contributed by atoms with van der Waals surface area (Å²) in [6.07, 6.45) is 3.15. The number of amides is 2. The number of sulfonamides is 1. The second-order valence-electron chi connectivity index (χ2n) is 8.50. The Balaban J connectivity index is 2.18. The highest BCUT2D eigenvalue weighted by Crippen LogP contribution is 2.25. The van der Waals surface area contributed by atoms with Crippen LogP contribution in [0.15, 0.2) is 42.5 Å². The minimum absolute atomic E-state index is 0.0321. The van der Waals surface area contributed by atoms with E-state index in [0.717, 1.165) is 19.1 Å². The third-order valence-electron chi connectivity index (χ3n) is 5.60. The van der Waals surface area contributed by atoms with Crippen LogP contribution in [-0.4, -0.2) is 50.5 Å². The molecule has 2 aromatic rings. The summed E-state index contributed by atoms with van der Waals surface area (Å²) >= 11 is 18.4. The monoisotopic (exact) mass is 575 g/mol. The first kappa shape index (κ1) is 30.2. The van der Waals surface area contributed by atoms with Gasteiger partial charge in [0.05, 0.1) is 11.9 Å². The average Bonchev–Trinajstić information content (AvgIpc) is 2.80. The maximum atomic E-state index is 13.3. The van der Waals surface area contributed by atoms with Crippen LogP contribution in [0.2, 0.25) is 15.1 Å². The van der Waals surface area contributed by atoms with Crippen LogP contribution in [0, 0.1) is 0 Å². The zero-order chi connectivity index (χ0) is 26.9. The fourth-order valence-electron chi connectivity index (χ4n) is 3.59. The Morgan fingerprint density at radius 1 is 1.03 bits per heavy atom. The SMILES string of the molecule is CCCCNC(=O)C(C)N(Cc1ccc(Cl)cc1Cl)C(=O)CCCN(c1cccc(Cl)c1)S(C)(=O)=O. The molecule has 11 heteroatoms. The molecule has 36 heavy (non-hydrogen) atoms. The van der Waals surface area contributed by atoms with Gasteiger partial charge in [0.25, 0.3) is 0 Å². The van der Waals surface area contributed by atoms with Gasteiger partial charge in [-0.25, -0.2) is 8.42 Å². The Hall–Kier alpha value is -2.00. The number of unbranched alkanes of at least 4 members (excludes halogenated alkanes) is 1. The Morgan fingerprint density at radius 2 is 1.72 bits per heavy atom. The lowest BCUT2D eigenvalue weighted by Gasteiger charge is -2.30. The molecule has 0 bridgehead atoms. The summed E-state index contributed by atoms with van der Waals surface area (Å²) in [6, 6.07) is 10.7. The minimum atomic E-state index is -3.60. The molecule has 2 amide bonds. The fourth-order valence-corrected chi connectivity index (χ4v) is 5.20. The highest BCUT2D eigenvalue weighted by molar-refractivity contribution is 7.92. The third-order valence-corrected chi connectivity index (χ3v) is 7.62. The second kappa shape index (κ2) is 14.1. The van der Waals surface area contributed by atoms with E-state index in [0.29, 0.717) is 32.9 Å². The van der Waals surface area contributed by atoms with E-state index in [1.807, 2.05) is 6.92 Å². The quantitative estimate of drug-likeness (QED) is 0.318. The summed E-state index contributed by atoms with van der Waals surface area (Å²) in [7, 11) is -3.60. The van der Waals surface area contributed by atoms with Gasteiger partial charge < -0.3 is 10.2 Å².